The third kappa shape index (κ3) is 2.27. The zero-order valence-corrected chi connectivity index (χ0v) is 12.2. The molecular formula is C17H21NO3. The predicted octanol–water partition coefficient (Wildman–Crippen LogP) is 2.14. The van der Waals surface area contributed by atoms with Crippen LogP contribution in [0.5, 0.6) is 0 Å². The molecule has 2 aliphatic rings. The van der Waals surface area contributed by atoms with E-state index < -0.39 is 6.04 Å². The summed E-state index contributed by atoms with van der Waals surface area (Å²) in [5.74, 6) is -0.0347. The van der Waals surface area contributed by atoms with Crippen LogP contribution in [-0.2, 0) is 9.59 Å². The Hall–Kier alpha value is -1.68. The molecule has 0 spiro atoms. The van der Waals surface area contributed by atoms with E-state index in [2.05, 4.69) is 6.92 Å². The van der Waals surface area contributed by atoms with Gasteiger partial charge in [0, 0.05) is 0 Å². The Morgan fingerprint density at radius 1 is 1.14 bits per heavy atom. The Morgan fingerprint density at radius 3 is 2.19 bits per heavy atom. The first-order valence-corrected chi connectivity index (χ1v) is 7.70. The summed E-state index contributed by atoms with van der Waals surface area (Å²) in [4.78, 5) is 26.6. The molecule has 0 bridgehead atoms. The van der Waals surface area contributed by atoms with Gasteiger partial charge >= 0.3 is 0 Å². The molecule has 1 heterocycles. The van der Waals surface area contributed by atoms with E-state index in [-0.39, 0.29) is 30.3 Å². The summed E-state index contributed by atoms with van der Waals surface area (Å²) in [7, 11) is 0. The lowest BCUT2D eigenvalue weighted by atomic mass is 10.00. The largest absolute Gasteiger partial charge is 0.394 e. The van der Waals surface area contributed by atoms with Gasteiger partial charge in [-0.3, -0.25) is 14.5 Å². The fourth-order valence-electron chi connectivity index (χ4n) is 3.81. The van der Waals surface area contributed by atoms with E-state index in [1.165, 1.54) is 4.90 Å². The highest BCUT2D eigenvalue weighted by Gasteiger charge is 2.54. The van der Waals surface area contributed by atoms with E-state index in [4.69, 9.17) is 0 Å². The molecule has 3 rings (SSSR count). The van der Waals surface area contributed by atoms with Gasteiger partial charge in [-0.05, 0) is 24.3 Å². The number of rotatable bonds is 4. The molecule has 4 nitrogen and oxygen atoms in total. The maximum atomic E-state index is 12.6. The fourth-order valence-corrected chi connectivity index (χ4v) is 3.81. The monoisotopic (exact) mass is 287 g/mol. The Labute approximate surface area is 124 Å². The highest BCUT2D eigenvalue weighted by atomic mass is 16.3. The number of benzene rings is 1. The quantitative estimate of drug-likeness (QED) is 0.863. The number of imide groups is 1. The highest BCUT2D eigenvalue weighted by Crippen LogP contribution is 2.46. The van der Waals surface area contributed by atoms with Crippen LogP contribution in [0.3, 0.4) is 0 Å². The van der Waals surface area contributed by atoms with Crippen molar-refractivity contribution >= 4 is 11.8 Å². The van der Waals surface area contributed by atoms with Crippen LogP contribution < -0.4 is 0 Å². The third-order valence-electron chi connectivity index (χ3n) is 5.02. The molecule has 4 heteroatoms. The van der Waals surface area contributed by atoms with E-state index in [0.717, 1.165) is 24.8 Å². The van der Waals surface area contributed by atoms with Crippen molar-refractivity contribution in [1.29, 1.82) is 0 Å². The molecule has 1 saturated heterocycles. The minimum Gasteiger partial charge on any atom is -0.394 e. The van der Waals surface area contributed by atoms with Crippen molar-refractivity contribution in [2.24, 2.45) is 17.8 Å². The van der Waals surface area contributed by atoms with Gasteiger partial charge in [-0.25, -0.2) is 0 Å². The molecule has 0 aromatic heterocycles. The Kier molecular flexibility index (Phi) is 3.81. The van der Waals surface area contributed by atoms with Crippen molar-refractivity contribution in [3.63, 3.8) is 0 Å². The summed E-state index contributed by atoms with van der Waals surface area (Å²) in [5, 5.41) is 9.69. The zero-order valence-electron chi connectivity index (χ0n) is 12.2. The molecule has 2 amide bonds. The second-order valence-corrected chi connectivity index (χ2v) is 6.11. The molecule has 3 atom stereocenters. The molecule has 2 unspecified atom stereocenters. The van der Waals surface area contributed by atoms with E-state index in [1.807, 2.05) is 30.3 Å². The minimum atomic E-state index is -0.545. The van der Waals surface area contributed by atoms with Gasteiger partial charge in [-0.15, -0.1) is 0 Å². The van der Waals surface area contributed by atoms with Crippen molar-refractivity contribution in [3.8, 4) is 0 Å². The van der Waals surface area contributed by atoms with E-state index in [1.54, 1.807) is 0 Å². The standard InChI is InChI=1S/C17H21NO3/c1-2-11-8-13-14(9-11)17(21)18(16(13)20)15(10-19)12-6-4-3-5-7-12/h3-7,11,13-15,19H,2,8-10H2,1H3/t11?,13?,14?,15-/m0/s1. The van der Waals surface area contributed by atoms with Gasteiger partial charge in [-0.1, -0.05) is 43.7 Å². The number of nitrogens with zero attached hydrogens (tertiary/aromatic N) is 1. The summed E-state index contributed by atoms with van der Waals surface area (Å²) < 4.78 is 0. The second kappa shape index (κ2) is 5.60. The summed E-state index contributed by atoms with van der Waals surface area (Å²) in [6.45, 7) is 1.89. The maximum absolute atomic E-state index is 12.6. The topological polar surface area (TPSA) is 57.6 Å². The van der Waals surface area contributed by atoms with Crippen molar-refractivity contribution < 1.29 is 14.7 Å². The highest BCUT2D eigenvalue weighted by molar-refractivity contribution is 6.05. The number of aliphatic hydroxyl groups is 1. The Balaban J connectivity index is 1.87. The van der Waals surface area contributed by atoms with Crippen LogP contribution in [0.4, 0.5) is 0 Å². The maximum Gasteiger partial charge on any atom is 0.233 e. The fraction of sp³-hybridized carbons (Fsp3) is 0.529. The van der Waals surface area contributed by atoms with Crippen LogP contribution in [0.15, 0.2) is 30.3 Å². The molecule has 1 aromatic rings. The SMILES string of the molecule is CCC1CC2C(=O)N([C@@H](CO)c3ccccc3)C(=O)C2C1. The van der Waals surface area contributed by atoms with Gasteiger partial charge < -0.3 is 5.11 Å². The van der Waals surface area contributed by atoms with Gasteiger partial charge in [-0.2, -0.15) is 0 Å². The third-order valence-corrected chi connectivity index (χ3v) is 5.02. The molecule has 1 saturated carbocycles. The number of hydrogen-bond donors (Lipinski definition) is 1. The first kappa shape index (κ1) is 14.3. The number of aliphatic hydroxyl groups excluding tert-OH is 1. The van der Waals surface area contributed by atoms with Crippen LogP contribution >= 0.6 is 0 Å². The Bertz CT molecular complexity index is 518. The lowest BCUT2D eigenvalue weighted by Crippen LogP contribution is -2.37. The summed E-state index contributed by atoms with van der Waals surface area (Å²) in [5.41, 5.74) is 0.814. The molecule has 1 N–H and O–H groups in total. The molecule has 0 radical (unpaired) electrons. The smallest absolute Gasteiger partial charge is 0.233 e. The number of hydrogen-bond acceptors (Lipinski definition) is 3. The normalized spacial score (nSPS) is 29.8. The van der Waals surface area contributed by atoms with Crippen molar-refractivity contribution in [2.45, 2.75) is 32.2 Å². The molecule has 2 fully saturated rings. The molecule has 112 valence electrons. The van der Waals surface area contributed by atoms with Crippen LogP contribution in [-0.4, -0.2) is 28.4 Å². The van der Waals surface area contributed by atoms with E-state index >= 15 is 0 Å². The second-order valence-electron chi connectivity index (χ2n) is 6.11. The van der Waals surface area contributed by atoms with Crippen molar-refractivity contribution in [1.82, 2.24) is 4.90 Å². The molecular weight excluding hydrogens is 266 g/mol. The predicted molar refractivity (Wildman–Crippen MR) is 78.1 cm³/mol. The lowest BCUT2D eigenvalue weighted by molar-refractivity contribution is -0.144. The number of amides is 2. The molecule has 1 aromatic carbocycles. The van der Waals surface area contributed by atoms with Crippen LogP contribution in [0, 0.1) is 17.8 Å². The van der Waals surface area contributed by atoms with Crippen molar-refractivity contribution in [3.05, 3.63) is 35.9 Å². The van der Waals surface area contributed by atoms with E-state index in [0.29, 0.717) is 5.92 Å². The molecule has 1 aliphatic carbocycles. The molecule has 1 aliphatic heterocycles. The number of fused-ring (bicyclic) bond motifs is 1. The van der Waals surface area contributed by atoms with Crippen molar-refractivity contribution in [2.75, 3.05) is 6.61 Å². The van der Waals surface area contributed by atoms with Gasteiger partial charge in [0.05, 0.1) is 24.5 Å². The van der Waals surface area contributed by atoms with Crippen LogP contribution in [0.2, 0.25) is 0 Å². The average molecular weight is 287 g/mol. The van der Waals surface area contributed by atoms with Crippen LogP contribution in [0.25, 0.3) is 0 Å². The minimum absolute atomic E-state index is 0.0937. The van der Waals surface area contributed by atoms with Gasteiger partial charge in [0.15, 0.2) is 0 Å². The molecule has 21 heavy (non-hydrogen) atoms. The number of carbonyl (C=O) groups excluding carboxylic acids is 2. The van der Waals surface area contributed by atoms with Crippen LogP contribution in [0.1, 0.15) is 37.8 Å². The number of likely N-dealkylation sites (tertiary alicyclic amines) is 1. The van der Waals surface area contributed by atoms with Gasteiger partial charge in [0.1, 0.15) is 0 Å². The van der Waals surface area contributed by atoms with Gasteiger partial charge in [0.2, 0.25) is 11.8 Å². The Morgan fingerprint density at radius 2 is 1.71 bits per heavy atom. The first-order valence-electron chi connectivity index (χ1n) is 7.70. The summed E-state index contributed by atoms with van der Waals surface area (Å²) in [6.07, 6.45) is 2.65. The first-order chi connectivity index (χ1) is 10.2. The number of carbonyl (C=O) groups is 2. The van der Waals surface area contributed by atoms with Gasteiger partial charge in [0.25, 0.3) is 0 Å². The summed E-state index contributed by atoms with van der Waals surface area (Å²) >= 11 is 0. The summed E-state index contributed by atoms with van der Waals surface area (Å²) in [6, 6.07) is 8.76. The zero-order chi connectivity index (χ0) is 15.0. The lowest BCUT2D eigenvalue weighted by Gasteiger charge is -2.26. The van der Waals surface area contributed by atoms with E-state index in [9.17, 15) is 14.7 Å². The average Bonchev–Trinajstić information content (AvgIpc) is 3.04.